The molecule has 0 atom stereocenters. The zero-order valence-corrected chi connectivity index (χ0v) is 82.2. The molecule has 0 N–H and O–H groups in total. The van der Waals surface area contributed by atoms with Crippen molar-refractivity contribution in [3.8, 4) is 151 Å². The minimum Gasteiger partial charge on any atom is -0.296 e. The van der Waals surface area contributed by atoms with Crippen LogP contribution in [0, 0.1) is 6.92 Å². The monoisotopic (exact) mass is 1880 g/mol. The lowest BCUT2D eigenvalue weighted by Gasteiger charge is -2.19. The number of imidazole rings is 3. The van der Waals surface area contributed by atoms with E-state index >= 15 is 0 Å². The van der Waals surface area contributed by atoms with E-state index in [4.69, 9.17) is 15.0 Å². The Bertz CT molecular complexity index is 9450. The van der Waals surface area contributed by atoms with E-state index in [0.717, 1.165) is 109 Å². The standard InChI is InChI=1S/C48H36N2.C47H34N2.C46H32N2/c1-32(2)48-49-46(35-16-5-3-6-17-35)47(36-18-7-4-8-19-36)50(48)39-29-27-34(28-30-39)44-40-21-11-13-23-42(40)45(43-24-14-12-22-41(43)44)38-26-25-33-15-9-10-20-37(33)31-38;1-2-43-48-46(34-16-5-3-6-17-34)47(35-18-7-4-8-19-35)49(43)38-29-27-33(28-30-38)44-39-21-11-13-23-41(39)45(42-24-14-12-22-40(42)44)37-26-25-32-15-9-10-20-36(32)31-37;1-31-47-45(34-15-4-2-5-16-34)46(35-17-6-3-7-18-35)48(31)38-28-26-33(27-29-38)43-39-20-10-12-22-41(39)44(42-23-13-11-21-40(42)43)37-25-24-32-14-8-9-19-36(32)30-37/h3-32H,1-2H3;3-31H,2H2,1H3;2-30H,1H3. The van der Waals surface area contributed by atoms with Crippen molar-refractivity contribution in [3.05, 3.63) is 545 Å². The number of nitrogens with zero attached hydrogens (tertiary/aromatic N) is 6. The molecule has 0 bridgehead atoms. The molecular formula is C141H102N6. The first-order chi connectivity index (χ1) is 72.7. The van der Waals surface area contributed by atoms with Crippen molar-refractivity contribution in [3.63, 3.8) is 0 Å². The highest BCUT2D eigenvalue weighted by Gasteiger charge is 2.29. The van der Waals surface area contributed by atoms with Gasteiger partial charge in [-0.15, -0.1) is 0 Å². The molecule has 0 aliphatic heterocycles. The van der Waals surface area contributed by atoms with E-state index in [1.165, 1.54) is 164 Å². The topological polar surface area (TPSA) is 53.5 Å². The first kappa shape index (κ1) is 89.6. The van der Waals surface area contributed by atoms with Gasteiger partial charge in [-0.2, -0.15) is 0 Å². The van der Waals surface area contributed by atoms with Gasteiger partial charge in [0.15, 0.2) is 0 Å². The van der Waals surface area contributed by atoms with Crippen LogP contribution >= 0.6 is 0 Å². The molecule has 0 aliphatic rings. The summed E-state index contributed by atoms with van der Waals surface area (Å²) < 4.78 is 7.01. The predicted molar refractivity (Wildman–Crippen MR) is 622 cm³/mol. The Morgan fingerprint density at radius 2 is 0.395 bits per heavy atom. The van der Waals surface area contributed by atoms with E-state index in [1.54, 1.807) is 0 Å². The van der Waals surface area contributed by atoms with E-state index in [-0.39, 0.29) is 5.92 Å². The van der Waals surface area contributed by atoms with Gasteiger partial charge in [-0.05, 0) is 225 Å². The zero-order chi connectivity index (χ0) is 98.4. The van der Waals surface area contributed by atoms with Crippen LogP contribution in [0.25, 0.3) is 248 Å². The van der Waals surface area contributed by atoms with Crippen LogP contribution in [-0.2, 0) is 6.42 Å². The summed E-state index contributed by atoms with van der Waals surface area (Å²) in [5.74, 6) is 3.27. The largest absolute Gasteiger partial charge is 0.296 e. The smallest absolute Gasteiger partial charge is 0.117 e. The van der Waals surface area contributed by atoms with E-state index in [9.17, 15) is 0 Å². The number of hydrogen-bond donors (Lipinski definition) is 0. The lowest BCUT2D eigenvalue weighted by atomic mass is 9.85. The van der Waals surface area contributed by atoms with Crippen LogP contribution in [-0.4, -0.2) is 28.7 Å². The molecule has 3 aromatic heterocycles. The van der Waals surface area contributed by atoms with Crippen LogP contribution in [0.5, 0.6) is 0 Å². The molecule has 6 heteroatoms. The van der Waals surface area contributed by atoms with Crippen molar-refractivity contribution in [1.29, 1.82) is 0 Å². The fraction of sp³-hybridized carbons (Fsp3) is 0.0426. The highest BCUT2D eigenvalue weighted by atomic mass is 15.1. The number of fused-ring (bicyclic) bond motifs is 9. The van der Waals surface area contributed by atoms with Crippen molar-refractivity contribution in [2.24, 2.45) is 0 Å². The summed E-state index contributed by atoms with van der Waals surface area (Å²) in [4.78, 5) is 15.7. The molecule has 6 nitrogen and oxygen atoms in total. The van der Waals surface area contributed by atoms with Crippen molar-refractivity contribution in [2.45, 2.75) is 40.0 Å². The van der Waals surface area contributed by atoms with Crippen molar-refractivity contribution < 1.29 is 0 Å². The molecule has 27 rings (SSSR count). The van der Waals surface area contributed by atoms with Gasteiger partial charge in [-0.3, -0.25) is 13.7 Å². The Hall–Kier alpha value is -18.8. The first-order valence-corrected chi connectivity index (χ1v) is 50.9. The molecule has 0 saturated carbocycles. The highest BCUT2D eigenvalue weighted by molar-refractivity contribution is 6.25. The maximum Gasteiger partial charge on any atom is 0.117 e. The predicted octanol–water partition coefficient (Wildman–Crippen LogP) is 38.0. The Morgan fingerprint density at radius 3 is 0.673 bits per heavy atom. The van der Waals surface area contributed by atoms with Crippen LogP contribution in [0.1, 0.15) is 44.2 Å². The molecule has 0 radical (unpaired) electrons. The van der Waals surface area contributed by atoms with Crippen LogP contribution in [0.15, 0.2) is 528 Å². The number of benzene rings is 24. The summed E-state index contributed by atoms with van der Waals surface area (Å²) in [5, 5.41) is 22.6. The third kappa shape index (κ3) is 16.6. The summed E-state index contributed by atoms with van der Waals surface area (Å²) >= 11 is 0. The zero-order valence-electron chi connectivity index (χ0n) is 82.2. The molecule has 0 saturated heterocycles. The van der Waals surface area contributed by atoms with Crippen molar-refractivity contribution in [1.82, 2.24) is 28.7 Å². The molecule has 696 valence electrons. The molecule has 0 amide bonds. The fourth-order valence-corrected chi connectivity index (χ4v) is 22.5. The third-order valence-electron chi connectivity index (χ3n) is 29.2. The van der Waals surface area contributed by atoms with Gasteiger partial charge in [-0.1, -0.05) is 494 Å². The van der Waals surface area contributed by atoms with Crippen molar-refractivity contribution >= 4 is 97.0 Å². The minimum atomic E-state index is 0.227. The molecule has 0 unspecified atom stereocenters. The summed E-state index contributed by atoms with van der Waals surface area (Å²) in [7, 11) is 0. The average Bonchev–Trinajstić information content (AvgIpc) is 1.73. The molecular weight excluding hydrogens is 1780 g/mol. The molecule has 3 heterocycles. The maximum atomic E-state index is 5.32. The molecule has 24 aromatic carbocycles. The fourth-order valence-electron chi connectivity index (χ4n) is 22.5. The van der Waals surface area contributed by atoms with Crippen LogP contribution < -0.4 is 0 Å². The van der Waals surface area contributed by atoms with E-state index in [1.807, 2.05) is 0 Å². The summed E-state index contributed by atoms with van der Waals surface area (Å²) in [6, 6.07) is 190. The third-order valence-corrected chi connectivity index (χ3v) is 29.2. The molecule has 0 aliphatic carbocycles. The minimum absolute atomic E-state index is 0.227. The van der Waals surface area contributed by atoms with Gasteiger partial charge < -0.3 is 0 Å². The van der Waals surface area contributed by atoms with E-state index in [2.05, 4.69) is 569 Å². The average molecular weight is 1880 g/mol. The number of aryl methyl sites for hydroxylation is 2. The van der Waals surface area contributed by atoms with Gasteiger partial charge in [0.05, 0.1) is 34.2 Å². The number of rotatable bonds is 17. The number of aromatic nitrogens is 6. The van der Waals surface area contributed by atoms with Gasteiger partial charge in [0, 0.05) is 62.8 Å². The van der Waals surface area contributed by atoms with Gasteiger partial charge in [0.2, 0.25) is 0 Å². The lowest BCUT2D eigenvalue weighted by molar-refractivity contribution is 0.754. The highest BCUT2D eigenvalue weighted by Crippen LogP contribution is 2.51. The molecule has 27 aromatic rings. The Balaban J connectivity index is 0.000000115. The molecule has 0 spiro atoms. The Labute approximate surface area is 856 Å². The molecule has 0 fully saturated rings. The van der Waals surface area contributed by atoms with Gasteiger partial charge in [-0.25, -0.2) is 15.0 Å². The summed E-state index contributed by atoms with van der Waals surface area (Å²) in [6.45, 7) is 8.74. The van der Waals surface area contributed by atoms with Crippen LogP contribution in [0.3, 0.4) is 0 Å². The summed E-state index contributed by atoms with van der Waals surface area (Å²) in [6.07, 6.45) is 0.819. The first-order valence-electron chi connectivity index (χ1n) is 50.9. The summed E-state index contributed by atoms with van der Waals surface area (Å²) in [5.41, 5.74) is 31.4. The quantitative estimate of drug-likeness (QED) is 0.0854. The van der Waals surface area contributed by atoms with Gasteiger partial charge in [0.1, 0.15) is 17.5 Å². The Morgan fingerprint density at radius 1 is 0.184 bits per heavy atom. The van der Waals surface area contributed by atoms with Crippen molar-refractivity contribution in [2.75, 3.05) is 0 Å². The van der Waals surface area contributed by atoms with Gasteiger partial charge >= 0.3 is 0 Å². The molecule has 147 heavy (non-hydrogen) atoms. The maximum absolute atomic E-state index is 5.32. The normalized spacial score (nSPS) is 11.5. The Kier molecular flexibility index (Phi) is 23.7. The van der Waals surface area contributed by atoms with E-state index < -0.39 is 0 Å². The number of hydrogen-bond acceptors (Lipinski definition) is 3. The second-order valence-electron chi connectivity index (χ2n) is 38.3. The SMILES string of the molecule is CC(C)c1nc(-c2ccccc2)c(-c2ccccc2)n1-c1ccc(-c2c3ccccc3c(-c3ccc4ccccc4c3)c3ccccc23)cc1.CCc1nc(-c2ccccc2)c(-c2ccccc2)n1-c1ccc(-c2c3ccccc3c(-c3ccc4ccccc4c3)c3ccccc23)cc1.Cc1nc(-c2ccccc2)c(-c2ccccc2)n1-c1ccc(-c2c3ccccc3c(-c3ccc4ccccc4c3)c3ccccc23)cc1. The van der Waals surface area contributed by atoms with Gasteiger partial charge in [0.25, 0.3) is 0 Å². The lowest BCUT2D eigenvalue weighted by Crippen LogP contribution is -2.05. The van der Waals surface area contributed by atoms with Crippen LogP contribution in [0.2, 0.25) is 0 Å². The second-order valence-corrected chi connectivity index (χ2v) is 38.3. The second kappa shape index (κ2) is 38.9. The van der Waals surface area contributed by atoms with E-state index in [0.29, 0.717) is 0 Å². The van der Waals surface area contributed by atoms with Crippen LogP contribution in [0.4, 0.5) is 0 Å².